The molecule has 0 heterocycles. The number of ether oxygens (including phenoxy) is 1. The molecule has 0 aliphatic rings. The fourth-order valence-electron chi connectivity index (χ4n) is 5.11. The number of esters is 1. The molecular formula is C34H52O4. The number of unbranched alkanes of at least 4 members (excludes halogenated alkanes) is 15. The molecule has 0 bridgehead atoms. The standard InChI is InChI=1S/C34H52O4/c1-2-3-4-5-6-7-8-9-10-11-12-13-14-15-16-17-28-38-34(37)27-26-33(29-18-22-31(35)23-19-29)30-20-24-32(36)25-21-30/h18-25,33,35-36H,2-17,26-28H2,1H3. The highest BCUT2D eigenvalue weighted by Crippen LogP contribution is 2.31. The van der Waals surface area contributed by atoms with Crippen molar-refractivity contribution in [1.29, 1.82) is 0 Å². The minimum absolute atomic E-state index is 0.000649. The summed E-state index contributed by atoms with van der Waals surface area (Å²) in [7, 11) is 0. The third-order valence-electron chi connectivity index (χ3n) is 7.49. The molecule has 212 valence electrons. The van der Waals surface area contributed by atoms with Crippen LogP contribution < -0.4 is 0 Å². The van der Waals surface area contributed by atoms with Gasteiger partial charge in [-0.15, -0.1) is 0 Å². The van der Waals surface area contributed by atoms with E-state index in [2.05, 4.69) is 6.92 Å². The van der Waals surface area contributed by atoms with Gasteiger partial charge < -0.3 is 14.9 Å². The van der Waals surface area contributed by atoms with Crippen molar-refractivity contribution in [3.63, 3.8) is 0 Å². The monoisotopic (exact) mass is 524 g/mol. The molecule has 0 unspecified atom stereocenters. The number of phenols is 2. The highest BCUT2D eigenvalue weighted by atomic mass is 16.5. The van der Waals surface area contributed by atoms with Crippen LogP contribution in [0.4, 0.5) is 0 Å². The Morgan fingerprint density at radius 3 is 1.37 bits per heavy atom. The lowest BCUT2D eigenvalue weighted by atomic mass is 9.87. The van der Waals surface area contributed by atoms with Gasteiger partial charge in [-0.25, -0.2) is 0 Å². The zero-order valence-corrected chi connectivity index (χ0v) is 23.8. The zero-order valence-electron chi connectivity index (χ0n) is 23.8. The molecule has 2 aromatic carbocycles. The van der Waals surface area contributed by atoms with Gasteiger partial charge in [-0.05, 0) is 48.2 Å². The van der Waals surface area contributed by atoms with Crippen molar-refractivity contribution in [3.05, 3.63) is 59.7 Å². The van der Waals surface area contributed by atoms with Gasteiger partial charge >= 0.3 is 5.97 Å². The molecular weight excluding hydrogens is 472 g/mol. The van der Waals surface area contributed by atoms with E-state index in [4.69, 9.17) is 4.74 Å². The lowest BCUT2D eigenvalue weighted by Crippen LogP contribution is -2.09. The van der Waals surface area contributed by atoms with E-state index in [1.54, 1.807) is 24.3 Å². The molecule has 4 nitrogen and oxygen atoms in total. The number of benzene rings is 2. The Morgan fingerprint density at radius 1 is 0.605 bits per heavy atom. The van der Waals surface area contributed by atoms with Gasteiger partial charge in [0.2, 0.25) is 0 Å². The predicted molar refractivity (Wildman–Crippen MR) is 158 cm³/mol. The van der Waals surface area contributed by atoms with Gasteiger partial charge in [-0.2, -0.15) is 0 Å². The maximum Gasteiger partial charge on any atom is 0.305 e. The quantitative estimate of drug-likeness (QED) is 0.119. The summed E-state index contributed by atoms with van der Waals surface area (Å²) >= 11 is 0. The highest BCUT2D eigenvalue weighted by Gasteiger charge is 2.17. The van der Waals surface area contributed by atoms with Gasteiger partial charge in [0.15, 0.2) is 0 Å². The summed E-state index contributed by atoms with van der Waals surface area (Å²) in [6.45, 7) is 2.78. The lowest BCUT2D eigenvalue weighted by molar-refractivity contribution is -0.143. The number of aromatic hydroxyl groups is 2. The summed E-state index contributed by atoms with van der Waals surface area (Å²) in [4.78, 5) is 12.4. The average Bonchev–Trinajstić information content (AvgIpc) is 2.92. The van der Waals surface area contributed by atoms with Crippen molar-refractivity contribution in [2.75, 3.05) is 6.61 Å². The first kappa shape index (κ1) is 31.7. The molecule has 0 atom stereocenters. The molecule has 0 aromatic heterocycles. The van der Waals surface area contributed by atoms with Crippen molar-refractivity contribution < 1.29 is 19.7 Å². The average molecular weight is 525 g/mol. The molecule has 4 heteroatoms. The van der Waals surface area contributed by atoms with Crippen molar-refractivity contribution >= 4 is 5.97 Å². The van der Waals surface area contributed by atoms with Crippen LogP contribution in [0.3, 0.4) is 0 Å². The lowest BCUT2D eigenvalue weighted by Gasteiger charge is -2.18. The van der Waals surface area contributed by atoms with Gasteiger partial charge in [0.1, 0.15) is 11.5 Å². The molecule has 0 fully saturated rings. The Bertz CT molecular complexity index is 798. The van der Waals surface area contributed by atoms with E-state index in [0.717, 1.165) is 24.0 Å². The van der Waals surface area contributed by atoms with E-state index in [9.17, 15) is 15.0 Å². The second-order valence-electron chi connectivity index (χ2n) is 10.8. The maximum absolute atomic E-state index is 12.4. The largest absolute Gasteiger partial charge is 0.508 e. The molecule has 2 N–H and O–H groups in total. The summed E-state index contributed by atoms with van der Waals surface area (Å²) < 4.78 is 5.50. The van der Waals surface area contributed by atoms with Crippen LogP contribution in [0.1, 0.15) is 140 Å². The Hall–Kier alpha value is -2.49. The summed E-state index contributed by atoms with van der Waals surface area (Å²) in [5.41, 5.74) is 2.05. The number of rotatable bonds is 22. The second-order valence-corrected chi connectivity index (χ2v) is 10.8. The van der Waals surface area contributed by atoms with E-state index >= 15 is 0 Å². The van der Waals surface area contributed by atoms with Crippen molar-refractivity contribution in [2.24, 2.45) is 0 Å². The molecule has 0 radical (unpaired) electrons. The normalized spacial score (nSPS) is 11.2. The van der Waals surface area contributed by atoms with Crippen LogP contribution in [-0.2, 0) is 9.53 Å². The van der Waals surface area contributed by atoms with E-state index in [1.807, 2.05) is 24.3 Å². The minimum atomic E-state index is -0.159. The van der Waals surface area contributed by atoms with E-state index in [0.29, 0.717) is 19.4 Å². The van der Waals surface area contributed by atoms with Gasteiger partial charge in [0.25, 0.3) is 0 Å². The summed E-state index contributed by atoms with van der Waals surface area (Å²) in [6, 6.07) is 14.2. The van der Waals surface area contributed by atoms with Gasteiger partial charge in [0, 0.05) is 12.3 Å². The number of hydrogen-bond acceptors (Lipinski definition) is 4. The van der Waals surface area contributed by atoms with Crippen LogP contribution in [0.25, 0.3) is 0 Å². The predicted octanol–water partition coefficient (Wildman–Crippen LogP) is 9.81. The van der Waals surface area contributed by atoms with Crippen molar-refractivity contribution in [1.82, 2.24) is 0 Å². The molecule has 0 saturated heterocycles. The van der Waals surface area contributed by atoms with Crippen LogP contribution >= 0.6 is 0 Å². The van der Waals surface area contributed by atoms with E-state index in [-0.39, 0.29) is 23.4 Å². The van der Waals surface area contributed by atoms with Crippen LogP contribution in [-0.4, -0.2) is 22.8 Å². The second kappa shape index (κ2) is 20.5. The first-order valence-electron chi connectivity index (χ1n) is 15.3. The molecule has 0 aliphatic heterocycles. The fourth-order valence-corrected chi connectivity index (χ4v) is 5.11. The number of phenolic OH excluding ortho intramolecular Hbond substituents is 2. The van der Waals surface area contributed by atoms with Crippen LogP contribution in [0.2, 0.25) is 0 Å². The SMILES string of the molecule is CCCCCCCCCCCCCCCCCCOC(=O)CCC(c1ccc(O)cc1)c1ccc(O)cc1. The maximum atomic E-state index is 12.4. The Labute approximate surface area is 231 Å². The van der Waals surface area contributed by atoms with Gasteiger partial charge in [-0.3, -0.25) is 4.79 Å². The topological polar surface area (TPSA) is 66.8 Å². The highest BCUT2D eigenvalue weighted by molar-refractivity contribution is 5.69. The summed E-state index contributed by atoms with van der Waals surface area (Å²) in [5.74, 6) is 0.278. The number of hydrogen-bond donors (Lipinski definition) is 2. The van der Waals surface area contributed by atoms with Gasteiger partial charge in [0.05, 0.1) is 6.61 Å². The molecule has 2 aromatic rings. The fraction of sp³-hybridized carbons (Fsp3) is 0.618. The Kier molecular flexibility index (Phi) is 17.1. The van der Waals surface area contributed by atoms with E-state index < -0.39 is 0 Å². The number of carbonyl (C=O) groups is 1. The Morgan fingerprint density at radius 2 is 0.974 bits per heavy atom. The van der Waals surface area contributed by atoms with Crippen LogP contribution in [0, 0.1) is 0 Å². The molecule has 0 saturated carbocycles. The van der Waals surface area contributed by atoms with E-state index in [1.165, 1.54) is 89.9 Å². The van der Waals surface area contributed by atoms with Gasteiger partial charge in [-0.1, -0.05) is 128 Å². The smallest absolute Gasteiger partial charge is 0.305 e. The molecule has 0 amide bonds. The molecule has 2 rings (SSSR count). The molecule has 0 spiro atoms. The summed E-state index contributed by atoms with van der Waals surface area (Å²) in [6.07, 6.45) is 22.2. The first-order chi connectivity index (χ1) is 18.6. The summed E-state index contributed by atoms with van der Waals surface area (Å²) in [5, 5.41) is 19.3. The third-order valence-corrected chi connectivity index (χ3v) is 7.49. The Balaban J connectivity index is 1.49. The van der Waals surface area contributed by atoms with Crippen LogP contribution in [0.15, 0.2) is 48.5 Å². The molecule has 0 aliphatic carbocycles. The van der Waals surface area contributed by atoms with Crippen LogP contribution in [0.5, 0.6) is 11.5 Å². The first-order valence-corrected chi connectivity index (χ1v) is 15.3. The third kappa shape index (κ3) is 14.4. The van der Waals surface area contributed by atoms with Crippen molar-refractivity contribution in [2.45, 2.75) is 128 Å². The number of carbonyl (C=O) groups excluding carboxylic acids is 1. The van der Waals surface area contributed by atoms with Crippen molar-refractivity contribution in [3.8, 4) is 11.5 Å². The minimum Gasteiger partial charge on any atom is -0.508 e. The molecule has 38 heavy (non-hydrogen) atoms. The zero-order chi connectivity index (χ0) is 27.3.